The number of rotatable bonds is 2. The van der Waals surface area contributed by atoms with Crippen molar-refractivity contribution in [2.24, 2.45) is 11.8 Å². The van der Waals surface area contributed by atoms with Crippen LogP contribution in [0.15, 0.2) is 0 Å². The minimum absolute atomic E-state index is 0.744. The minimum atomic E-state index is 0.744. The zero-order chi connectivity index (χ0) is 10.3. The van der Waals surface area contributed by atoms with Gasteiger partial charge in [0, 0.05) is 38.3 Å². The quantitative estimate of drug-likeness (QED) is 0.663. The molecule has 82 valence electrons. The van der Waals surface area contributed by atoms with Crippen LogP contribution in [0.3, 0.4) is 0 Å². The molecule has 0 saturated carbocycles. The van der Waals surface area contributed by atoms with Crippen LogP contribution in [-0.2, 0) is 0 Å². The fourth-order valence-electron chi connectivity index (χ4n) is 2.91. The van der Waals surface area contributed by atoms with Crippen molar-refractivity contribution in [3.05, 3.63) is 0 Å². The fraction of sp³-hybridized carbons (Fsp3) is 1.00. The molecule has 2 heterocycles. The number of likely N-dealkylation sites (tertiary alicyclic amines) is 2. The Morgan fingerprint density at radius 1 is 0.714 bits per heavy atom. The maximum Gasteiger partial charge on any atom is 0.00388 e. The van der Waals surface area contributed by atoms with Crippen LogP contribution in [0.2, 0.25) is 0 Å². The lowest BCUT2D eigenvalue weighted by atomic mass is 10.0. The van der Waals surface area contributed by atoms with E-state index in [1.165, 1.54) is 26.2 Å². The molecule has 0 aromatic heterocycles. The van der Waals surface area contributed by atoms with E-state index in [9.17, 15) is 0 Å². The Bertz CT molecular complexity index is 166. The van der Waals surface area contributed by atoms with Gasteiger partial charge in [-0.2, -0.15) is 0 Å². The highest BCUT2D eigenvalue weighted by molar-refractivity contribution is 4.94. The molecule has 2 saturated heterocycles. The molecule has 0 aliphatic carbocycles. The highest BCUT2D eigenvalue weighted by Crippen LogP contribution is 2.32. The molecule has 0 unspecified atom stereocenters. The van der Waals surface area contributed by atoms with Crippen LogP contribution < -0.4 is 0 Å². The van der Waals surface area contributed by atoms with Gasteiger partial charge in [0.15, 0.2) is 0 Å². The lowest BCUT2D eigenvalue weighted by Gasteiger charge is -2.26. The molecule has 0 atom stereocenters. The first-order valence-corrected chi connectivity index (χ1v) is 6.06. The first kappa shape index (κ1) is 10.4. The third-order valence-corrected chi connectivity index (χ3v) is 4.00. The fourth-order valence-corrected chi connectivity index (χ4v) is 2.91. The second-order valence-corrected chi connectivity index (χ2v) is 5.62. The molecular weight excluding hydrogens is 172 g/mol. The highest BCUT2D eigenvalue weighted by atomic mass is 15.3. The first-order chi connectivity index (χ1) is 6.58. The van der Waals surface area contributed by atoms with E-state index in [2.05, 4.69) is 37.5 Å². The van der Waals surface area contributed by atoms with Crippen molar-refractivity contribution in [2.45, 2.75) is 39.8 Å². The summed E-state index contributed by atoms with van der Waals surface area (Å²) in [7, 11) is 0. The van der Waals surface area contributed by atoms with Gasteiger partial charge >= 0.3 is 0 Å². The van der Waals surface area contributed by atoms with Crippen LogP contribution >= 0.6 is 0 Å². The van der Waals surface area contributed by atoms with Crippen LogP contribution in [0, 0.1) is 11.8 Å². The van der Waals surface area contributed by atoms with Gasteiger partial charge in [-0.15, -0.1) is 0 Å². The molecule has 14 heavy (non-hydrogen) atoms. The molecule has 2 aliphatic rings. The largest absolute Gasteiger partial charge is 0.300 e. The van der Waals surface area contributed by atoms with Gasteiger partial charge in [-0.1, -0.05) is 0 Å². The smallest absolute Gasteiger partial charge is 0.00388 e. The summed E-state index contributed by atoms with van der Waals surface area (Å²) in [6.07, 6.45) is 0. The zero-order valence-electron chi connectivity index (χ0n) is 10.0. The predicted molar refractivity (Wildman–Crippen MR) is 60.4 cm³/mol. The van der Waals surface area contributed by atoms with E-state index in [-0.39, 0.29) is 0 Å². The zero-order valence-corrected chi connectivity index (χ0v) is 10.0. The van der Waals surface area contributed by atoms with Gasteiger partial charge in [-0.05, 0) is 39.5 Å². The molecule has 0 aromatic rings. The lowest BCUT2D eigenvalue weighted by Crippen LogP contribution is -2.35. The highest BCUT2D eigenvalue weighted by Gasteiger charge is 2.40. The molecule has 0 amide bonds. The molecule has 0 radical (unpaired) electrons. The summed E-state index contributed by atoms with van der Waals surface area (Å²) >= 11 is 0. The number of hydrogen-bond acceptors (Lipinski definition) is 2. The van der Waals surface area contributed by atoms with E-state index in [1.807, 2.05) is 0 Å². The summed E-state index contributed by atoms with van der Waals surface area (Å²) in [5, 5.41) is 0. The second-order valence-electron chi connectivity index (χ2n) is 5.62. The molecule has 0 spiro atoms. The van der Waals surface area contributed by atoms with Crippen LogP contribution in [0.4, 0.5) is 0 Å². The Labute approximate surface area is 88.3 Å². The molecule has 2 fully saturated rings. The van der Waals surface area contributed by atoms with Crippen LogP contribution in [0.1, 0.15) is 27.7 Å². The van der Waals surface area contributed by atoms with Gasteiger partial charge in [0.25, 0.3) is 0 Å². The van der Waals surface area contributed by atoms with Crippen LogP contribution in [-0.4, -0.2) is 48.1 Å². The van der Waals surface area contributed by atoms with E-state index in [0.29, 0.717) is 0 Å². The van der Waals surface area contributed by atoms with Crippen molar-refractivity contribution < 1.29 is 0 Å². The van der Waals surface area contributed by atoms with Crippen LogP contribution in [0.25, 0.3) is 0 Å². The predicted octanol–water partition coefficient (Wildman–Crippen LogP) is 1.67. The molecular formula is C12H24N2. The number of nitrogens with zero attached hydrogens (tertiary/aromatic N) is 2. The average molecular weight is 196 g/mol. The number of hydrogen-bond donors (Lipinski definition) is 0. The van der Waals surface area contributed by atoms with E-state index in [1.54, 1.807) is 0 Å². The van der Waals surface area contributed by atoms with Gasteiger partial charge in [0.1, 0.15) is 0 Å². The Balaban J connectivity index is 1.90. The lowest BCUT2D eigenvalue weighted by molar-refractivity contribution is 0.203. The summed E-state index contributed by atoms with van der Waals surface area (Å²) < 4.78 is 0. The minimum Gasteiger partial charge on any atom is -0.300 e. The van der Waals surface area contributed by atoms with Crippen molar-refractivity contribution in [3.63, 3.8) is 0 Å². The summed E-state index contributed by atoms with van der Waals surface area (Å²) in [6, 6.07) is 1.49. The van der Waals surface area contributed by atoms with Gasteiger partial charge in [0.2, 0.25) is 0 Å². The Kier molecular flexibility index (Phi) is 2.85. The maximum absolute atomic E-state index is 2.65. The van der Waals surface area contributed by atoms with Crippen molar-refractivity contribution in [1.82, 2.24) is 9.80 Å². The monoisotopic (exact) mass is 196 g/mol. The van der Waals surface area contributed by atoms with E-state index in [4.69, 9.17) is 0 Å². The normalized spacial score (nSPS) is 34.7. The van der Waals surface area contributed by atoms with Crippen molar-refractivity contribution in [3.8, 4) is 0 Å². The summed E-state index contributed by atoms with van der Waals surface area (Å²) in [6.45, 7) is 14.6. The third kappa shape index (κ3) is 1.82. The second kappa shape index (κ2) is 3.82. The summed E-state index contributed by atoms with van der Waals surface area (Å²) in [5.74, 6) is 1.92. The first-order valence-electron chi connectivity index (χ1n) is 6.06. The van der Waals surface area contributed by atoms with E-state index in [0.717, 1.165) is 23.9 Å². The summed E-state index contributed by atoms with van der Waals surface area (Å²) in [4.78, 5) is 5.29. The third-order valence-electron chi connectivity index (χ3n) is 4.00. The van der Waals surface area contributed by atoms with Crippen LogP contribution in [0.5, 0.6) is 0 Å². The molecule has 2 aliphatic heterocycles. The maximum atomic E-state index is 2.65. The Hall–Kier alpha value is -0.0800. The van der Waals surface area contributed by atoms with Gasteiger partial charge in [-0.25, -0.2) is 0 Å². The van der Waals surface area contributed by atoms with Gasteiger partial charge in [0.05, 0.1) is 0 Å². The van der Waals surface area contributed by atoms with E-state index >= 15 is 0 Å². The van der Waals surface area contributed by atoms with Crippen molar-refractivity contribution in [2.75, 3.05) is 26.2 Å². The Morgan fingerprint density at radius 3 is 1.21 bits per heavy atom. The topological polar surface area (TPSA) is 6.48 Å². The van der Waals surface area contributed by atoms with Crippen molar-refractivity contribution >= 4 is 0 Å². The molecule has 2 rings (SSSR count). The summed E-state index contributed by atoms with van der Waals surface area (Å²) in [5.41, 5.74) is 0. The SMILES string of the molecule is CC(C)N1C[C@H]2CN(C(C)C)C[C@H]2C1. The molecule has 0 aromatic carbocycles. The van der Waals surface area contributed by atoms with Crippen molar-refractivity contribution in [1.29, 1.82) is 0 Å². The molecule has 0 N–H and O–H groups in total. The van der Waals surface area contributed by atoms with Gasteiger partial charge < -0.3 is 9.80 Å². The molecule has 2 heteroatoms. The Morgan fingerprint density at radius 2 is 1.00 bits per heavy atom. The number of fused-ring (bicyclic) bond motifs is 1. The molecule has 0 bridgehead atoms. The average Bonchev–Trinajstić information content (AvgIpc) is 2.57. The standard InChI is InChI=1S/C12H24N2/c1-9(2)13-5-11-7-14(10(3)4)8-12(11)6-13/h9-12H,5-8H2,1-4H3/t11-,12+. The van der Waals surface area contributed by atoms with Gasteiger partial charge in [-0.3, -0.25) is 0 Å². The molecule has 2 nitrogen and oxygen atoms in total. The van der Waals surface area contributed by atoms with E-state index < -0.39 is 0 Å².